The van der Waals surface area contributed by atoms with E-state index in [1.807, 2.05) is 18.4 Å². The first-order valence-corrected chi connectivity index (χ1v) is 10.3. The number of amides is 1. The Morgan fingerprint density at radius 3 is 2.75 bits per heavy atom. The second-order valence-corrected chi connectivity index (χ2v) is 8.35. The lowest BCUT2D eigenvalue weighted by Crippen LogP contribution is -2.11. The molecule has 9 heteroatoms. The Kier molecular flexibility index (Phi) is 4.59. The van der Waals surface area contributed by atoms with Crippen molar-refractivity contribution < 1.29 is 13.2 Å². The third-order valence-electron chi connectivity index (χ3n) is 3.24. The molecule has 124 valence electrons. The summed E-state index contributed by atoms with van der Waals surface area (Å²) in [5.41, 5.74) is 1.13. The molecule has 3 rings (SSSR count). The summed E-state index contributed by atoms with van der Waals surface area (Å²) in [5, 5.41) is 8.26. The smallest absolute Gasteiger partial charge is 0.257 e. The monoisotopic (exact) mass is 379 g/mol. The van der Waals surface area contributed by atoms with E-state index < -0.39 is 10.0 Å². The maximum Gasteiger partial charge on any atom is 0.257 e. The highest BCUT2D eigenvalue weighted by Crippen LogP contribution is 2.28. The van der Waals surface area contributed by atoms with E-state index in [4.69, 9.17) is 5.14 Å². The Morgan fingerprint density at radius 1 is 1.25 bits per heavy atom. The second kappa shape index (κ2) is 6.52. The molecule has 0 aliphatic carbocycles. The van der Waals surface area contributed by atoms with E-state index in [9.17, 15) is 13.2 Å². The third-order valence-corrected chi connectivity index (χ3v) is 5.81. The minimum atomic E-state index is -3.77. The second-order valence-electron chi connectivity index (χ2n) is 4.88. The summed E-state index contributed by atoms with van der Waals surface area (Å²) in [6.45, 7) is 0. The summed E-state index contributed by atoms with van der Waals surface area (Å²) in [5.74, 6) is -0.267. The maximum atomic E-state index is 12.3. The Bertz CT molecular complexity index is 1030. The van der Waals surface area contributed by atoms with Crippen molar-refractivity contribution in [1.82, 2.24) is 4.98 Å². The molecule has 0 atom stereocenters. The van der Waals surface area contributed by atoms with Crippen LogP contribution in [0.4, 0.5) is 5.13 Å². The van der Waals surface area contributed by atoms with Gasteiger partial charge in [-0.3, -0.25) is 10.1 Å². The Balaban J connectivity index is 1.88. The van der Waals surface area contributed by atoms with Crippen molar-refractivity contribution >= 4 is 54.4 Å². The lowest BCUT2D eigenvalue weighted by molar-refractivity contribution is 0.102. The molecule has 0 aliphatic rings. The number of thiazole rings is 1. The highest BCUT2D eigenvalue weighted by atomic mass is 32.2. The number of rotatable bonds is 4. The number of primary sulfonamides is 1. The van der Waals surface area contributed by atoms with Crippen molar-refractivity contribution in [2.45, 2.75) is 9.79 Å². The number of aromatic nitrogens is 1. The van der Waals surface area contributed by atoms with E-state index in [2.05, 4.69) is 10.3 Å². The van der Waals surface area contributed by atoms with Gasteiger partial charge in [-0.2, -0.15) is 0 Å². The van der Waals surface area contributed by atoms with Crippen molar-refractivity contribution in [3.8, 4) is 0 Å². The molecule has 6 nitrogen and oxygen atoms in total. The Labute approximate surface area is 147 Å². The van der Waals surface area contributed by atoms with E-state index in [1.54, 1.807) is 30.0 Å². The maximum absolute atomic E-state index is 12.3. The summed E-state index contributed by atoms with van der Waals surface area (Å²) in [7, 11) is -3.77. The largest absolute Gasteiger partial charge is 0.298 e. The SMILES string of the molecule is CSc1cccc(C(=O)Nc2nc3ccc(S(N)(=O)=O)cc3s2)c1. The van der Waals surface area contributed by atoms with Crippen LogP contribution < -0.4 is 10.5 Å². The summed E-state index contributed by atoms with van der Waals surface area (Å²) >= 11 is 2.74. The number of hydrogen-bond donors (Lipinski definition) is 2. The van der Waals surface area contributed by atoms with Crippen LogP contribution in [-0.2, 0) is 10.0 Å². The normalized spacial score (nSPS) is 11.6. The summed E-state index contributed by atoms with van der Waals surface area (Å²) in [6.07, 6.45) is 1.94. The van der Waals surface area contributed by atoms with Crippen LogP contribution in [0.15, 0.2) is 52.3 Å². The number of sulfonamides is 1. The van der Waals surface area contributed by atoms with Crippen LogP contribution in [0.5, 0.6) is 0 Å². The van der Waals surface area contributed by atoms with Gasteiger partial charge in [-0.25, -0.2) is 18.5 Å². The van der Waals surface area contributed by atoms with Crippen molar-refractivity contribution in [1.29, 1.82) is 0 Å². The van der Waals surface area contributed by atoms with Crippen molar-refractivity contribution in [3.63, 3.8) is 0 Å². The van der Waals surface area contributed by atoms with Gasteiger partial charge in [-0.05, 0) is 42.7 Å². The summed E-state index contributed by atoms with van der Waals surface area (Å²) in [6, 6.07) is 11.7. The molecule has 24 heavy (non-hydrogen) atoms. The molecule has 2 aromatic carbocycles. The molecule has 3 N–H and O–H groups in total. The molecule has 0 saturated carbocycles. The first-order chi connectivity index (χ1) is 11.4. The van der Waals surface area contributed by atoms with Crippen LogP contribution in [0.3, 0.4) is 0 Å². The molecule has 0 spiro atoms. The van der Waals surface area contributed by atoms with Crippen LogP contribution in [-0.4, -0.2) is 25.6 Å². The number of nitrogens with two attached hydrogens (primary N) is 1. The van der Waals surface area contributed by atoms with E-state index in [-0.39, 0.29) is 10.8 Å². The zero-order valence-electron chi connectivity index (χ0n) is 12.5. The average Bonchev–Trinajstić information content (AvgIpc) is 2.95. The van der Waals surface area contributed by atoms with Gasteiger partial charge in [0.2, 0.25) is 10.0 Å². The molecule has 0 bridgehead atoms. The Hall–Kier alpha value is -1.94. The van der Waals surface area contributed by atoms with Gasteiger partial charge in [0.25, 0.3) is 5.91 Å². The zero-order chi connectivity index (χ0) is 17.3. The van der Waals surface area contributed by atoms with Crippen LogP contribution in [0.2, 0.25) is 0 Å². The summed E-state index contributed by atoms with van der Waals surface area (Å²) in [4.78, 5) is 17.6. The number of carbonyl (C=O) groups is 1. The van der Waals surface area contributed by atoms with Crippen LogP contribution >= 0.6 is 23.1 Å². The van der Waals surface area contributed by atoms with Crippen molar-refractivity contribution in [3.05, 3.63) is 48.0 Å². The van der Waals surface area contributed by atoms with E-state index >= 15 is 0 Å². The van der Waals surface area contributed by atoms with E-state index in [0.29, 0.717) is 20.9 Å². The van der Waals surface area contributed by atoms with Gasteiger partial charge >= 0.3 is 0 Å². The molecule has 0 saturated heterocycles. The number of hydrogen-bond acceptors (Lipinski definition) is 6. The molecule has 1 amide bonds. The molecular formula is C15H13N3O3S3. The number of anilines is 1. The number of thioether (sulfide) groups is 1. The predicted octanol–water partition coefficient (Wildman–Crippen LogP) is 2.92. The van der Waals surface area contributed by atoms with Gasteiger partial charge in [0.05, 0.1) is 15.1 Å². The number of nitrogens with one attached hydrogen (secondary N) is 1. The van der Waals surface area contributed by atoms with Gasteiger partial charge in [0, 0.05) is 10.5 Å². The Morgan fingerprint density at radius 2 is 2.04 bits per heavy atom. The predicted molar refractivity (Wildman–Crippen MR) is 97.2 cm³/mol. The molecule has 0 aliphatic heterocycles. The molecule has 1 heterocycles. The molecule has 3 aromatic rings. The number of benzene rings is 2. The lowest BCUT2D eigenvalue weighted by atomic mass is 10.2. The van der Waals surface area contributed by atoms with Gasteiger partial charge in [0.1, 0.15) is 0 Å². The van der Waals surface area contributed by atoms with Gasteiger partial charge in [-0.1, -0.05) is 17.4 Å². The van der Waals surface area contributed by atoms with Gasteiger partial charge < -0.3 is 0 Å². The zero-order valence-corrected chi connectivity index (χ0v) is 15.0. The fraction of sp³-hybridized carbons (Fsp3) is 0.0667. The van der Waals surface area contributed by atoms with Crippen LogP contribution in [0.25, 0.3) is 10.2 Å². The summed E-state index contributed by atoms with van der Waals surface area (Å²) < 4.78 is 23.4. The van der Waals surface area contributed by atoms with E-state index in [0.717, 1.165) is 4.90 Å². The lowest BCUT2D eigenvalue weighted by Gasteiger charge is -2.03. The molecule has 0 unspecified atom stereocenters. The molecule has 0 radical (unpaired) electrons. The standard InChI is InChI=1S/C15H13N3O3S3/c1-22-10-4-2-3-9(7-10)14(19)18-15-17-12-6-5-11(24(16,20)21)8-13(12)23-15/h2-8H,1H3,(H2,16,20,21)(H,17,18,19). The number of fused-ring (bicyclic) bond motifs is 1. The average molecular weight is 379 g/mol. The molecule has 0 fully saturated rings. The highest BCUT2D eigenvalue weighted by Gasteiger charge is 2.13. The first-order valence-electron chi connectivity index (χ1n) is 6.75. The first kappa shape index (κ1) is 16.9. The minimum Gasteiger partial charge on any atom is -0.298 e. The molecule has 1 aromatic heterocycles. The van der Waals surface area contributed by atoms with E-state index in [1.165, 1.54) is 23.5 Å². The van der Waals surface area contributed by atoms with Crippen molar-refractivity contribution in [2.24, 2.45) is 5.14 Å². The topological polar surface area (TPSA) is 102 Å². The fourth-order valence-electron chi connectivity index (χ4n) is 2.07. The van der Waals surface area contributed by atoms with Crippen LogP contribution in [0, 0.1) is 0 Å². The number of carbonyl (C=O) groups excluding carboxylic acids is 1. The third kappa shape index (κ3) is 3.59. The van der Waals surface area contributed by atoms with Gasteiger partial charge in [0.15, 0.2) is 5.13 Å². The molecular weight excluding hydrogens is 366 g/mol. The van der Waals surface area contributed by atoms with Crippen LogP contribution in [0.1, 0.15) is 10.4 Å². The quantitative estimate of drug-likeness (QED) is 0.679. The van der Waals surface area contributed by atoms with Crippen molar-refractivity contribution in [2.75, 3.05) is 11.6 Å². The number of nitrogens with zero attached hydrogens (tertiary/aromatic N) is 1. The fourth-order valence-corrected chi connectivity index (χ4v) is 4.04. The highest BCUT2D eigenvalue weighted by molar-refractivity contribution is 7.98. The van der Waals surface area contributed by atoms with Gasteiger partial charge in [-0.15, -0.1) is 11.8 Å². The minimum absolute atomic E-state index is 0.0178.